The second-order valence-electron chi connectivity index (χ2n) is 6.75. The minimum atomic E-state index is -2.99. The van der Waals surface area contributed by atoms with Gasteiger partial charge in [0.1, 0.15) is 0 Å². The topological polar surface area (TPSA) is 86.7 Å². The number of carbonyl (C=O) groups is 1. The van der Waals surface area contributed by atoms with Gasteiger partial charge in [-0.1, -0.05) is 0 Å². The van der Waals surface area contributed by atoms with Crippen LogP contribution in [0.3, 0.4) is 0 Å². The number of piperazine rings is 1. The summed E-state index contributed by atoms with van der Waals surface area (Å²) in [6.45, 7) is 4.94. The molecule has 138 valence electrons. The highest BCUT2D eigenvalue weighted by molar-refractivity contribution is 7.91. The van der Waals surface area contributed by atoms with Gasteiger partial charge in [-0.2, -0.15) is 0 Å². The first-order valence-electron chi connectivity index (χ1n) is 8.60. The van der Waals surface area contributed by atoms with Gasteiger partial charge < -0.3 is 9.80 Å². The lowest BCUT2D eigenvalue weighted by Gasteiger charge is -2.39. The zero-order valence-electron chi connectivity index (χ0n) is 14.7. The van der Waals surface area contributed by atoms with Gasteiger partial charge >= 0.3 is 0 Å². The van der Waals surface area contributed by atoms with Gasteiger partial charge in [-0.3, -0.25) is 9.69 Å². The van der Waals surface area contributed by atoms with Gasteiger partial charge in [0.25, 0.3) is 0 Å². The molecular weight excluding hydrogens is 342 g/mol. The van der Waals surface area contributed by atoms with E-state index in [4.69, 9.17) is 0 Å². The molecule has 1 aromatic rings. The maximum Gasteiger partial charge on any atom is 0.239 e. The zero-order valence-corrected chi connectivity index (χ0v) is 15.5. The number of hydrogen-bond donors (Lipinski definition) is 0. The van der Waals surface area contributed by atoms with Crippen molar-refractivity contribution in [2.45, 2.75) is 25.4 Å². The SMILES string of the molecule is C[C@H](C(=O)N(C)[C@@H]1CCS(=O)(=O)C1)N1CCN(c2ncccn2)CC1. The van der Waals surface area contributed by atoms with Crippen LogP contribution in [-0.2, 0) is 14.6 Å². The van der Waals surface area contributed by atoms with E-state index in [9.17, 15) is 13.2 Å². The third kappa shape index (κ3) is 4.09. The Labute approximate surface area is 148 Å². The van der Waals surface area contributed by atoms with E-state index in [0.717, 1.165) is 32.1 Å². The summed E-state index contributed by atoms with van der Waals surface area (Å²) < 4.78 is 23.3. The molecule has 0 aromatic carbocycles. The lowest BCUT2D eigenvalue weighted by Crippen LogP contribution is -2.55. The minimum absolute atomic E-state index is 0.00786. The van der Waals surface area contributed by atoms with Gasteiger partial charge in [-0.05, 0) is 19.4 Å². The highest BCUT2D eigenvalue weighted by atomic mass is 32.2. The average Bonchev–Trinajstić information content (AvgIpc) is 3.00. The molecule has 0 aliphatic carbocycles. The van der Waals surface area contributed by atoms with Crippen LogP contribution in [-0.4, -0.2) is 90.9 Å². The Morgan fingerprint density at radius 1 is 1.24 bits per heavy atom. The fraction of sp³-hybridized carbons (Fsp3) is 0.688. The second kappa shape index (κ2) is 7.25. The van der Waals surface area contributed by atoms with Crippen molar-refractivity contribution in [2.75, 3.05) is 49.6 Å². The molecule has 25 heavy (non-hydrogen) atoms. The van der Waals surface area contributed by atoms with Gasteiger partial charge in [-0.15, -0.1) is 0 Å². The van der Waals surface area contributed by atoms with Crippen LogP contribution >= 0.6 is 0 Å². The number of carbonyl (C=O) groups excluding carboxylic acids is 1. The van der Waals surface area contributed by atoms with Crippen LogP contribution in [0.1, 0.15) is 13.3 Å². The normalized spacial score (nSPS) is 24.9. The van der Waals surface area contributed by atoms with Crippen LogP contribution in [0.15, 0.2) is 18.5 Å². The summed E-state index contributed by atoms with van der Waals surface area (Å²) in [7, 11) is -1.27. The van der Waals surface area contributed by atoms with E-state index in [1.54, 1.807) is 30.4 Å². The number of nitrogens with zero attached hydrogens (tertiary/aromatic N) is 5. The fourth-order valence-electron chi connectivity index (χ4n) is 3.48. The highest BCUT2D eigenvalue weighted by Gasteiger charge is 2.36. The summed E-state index contributed by atoms with van der Waals surface area (Å²) in [6.07, 6.45) is 3.99. The van der Waals surface area contributed by atoms with Crippen molar-refractivity contribution in [1.82, 2.24) is 19.8 Å². The molecule has 2 aliphatic heterocycles. The maximum atomic E-state index is 12.7. The summed E-state index contributed by atoms with van der Waals surface area (Å²) in [4.78, 5) is 27.2. The fourth-order valence-corrected chi connectivity index (χ4v) is 5.25. The number of likely N-dealkylation sites (N-methyl/N-ethyl adjacent to an activating group) is 1. The molecule has 0 bridgehead atoms. The molecule has 1 amide bonds. The van der Waals surface area contributed by atoms with E-state index in [1.165, 1.54) is 0 Å². The number of sulfone groups is 1. The number of anilines is 1. The standard InChI is InChI=1S/C16H25N5O3S/c1-13(15(22)19(2)14-4-11-25(23,24)12-14)20-7-9-21(10-8-20)16-17-5-3-6-18-16/h3,5-6,13-14H,4,7-12H2,1-2H3/t13-,14-/m1/s1. The first-order chi connectivity index (χ1) is 11.9. The third-order valence-electron chi connectivity index (χ3n) is 5.16. The lowest BCUT2D eigenvalue weighted by molar-refractivity contribution is -0.136. The summed E-state index contributed by atoms with van der Waals surface area (Å²) in [5.41, 5.74) is 0. The summed E-state index contributed by atoms with van der Waals surface area (Å²) in [5.74, 6) is 0.974. The summed E-state index contributed by atoms with van der Waals surface area (Å²) >= 11 is 0. The molecule has 9 heteroatoms. The van der Waals surface area contributed by atoms with Crippen LogP contribution in [0.25, 0.3) is 0 Å². The number of rotatable bonds is 4. The van der Waals surface area contributed by atoms with Crippen LogP contribution in [0.4, 0.5) is 5.95 Å². The molecule has 0 radical (unpaired) electrons. The van der Waals surface area contributed by atoms with Crippen molar-refractivity contribution >= 4 is 21.7 Å². The molecule has 3 rings (SSSR count). The van der Waals surface area contributed by atoms with E-state index < -0.39 is 9.84 Å². The Hall–Kier alpha value is -1.74. The zero-order chi connectivity index (χ0) is 18.0. The Bertz CT molecular complexity index is 704. The van der Waals surface area contributed by atoms with Gasteiger partial charge in [0.05, 0.1) is 17.5 Å². The molecular formula is C16H25N5O3S. The number of amides is 1. The number of aromatic nitrogens is 2. The minimum Gasteiger partial charge on any atom is -0.340 e. The van der Waals surface area contributed by atoms with E-state index >= 15 is 0 Å². The molecule has 8 nitrogen and oxygen atoms in total. The summed E-state index contributed by atoms with van der Waals surface area (Å²) in [6, 6.07) is 1.34. The Morgan fingerprint density at radius 3 is 2.44 bits per heavy atom. The Morgan fingerprint density at radius 2 is 1.88 bits per heavy atom. The second-order valence-corrected chi connectivity index (χ2v) is 8.98. The first kappa shape index (κ1) is 18.1. The number of hydrogen-bond acceptors (Lipinski definition) is 7. The molecule has 3 heterocycles. The van der Waals surface area contributed by atoms with Crippen LogP contribution < -0.4 is 4.90 Å². The summed E-state index contributed by atoms with van der Waals surface area (Å²) in [5, 5.41) is 0. The molecule has 1 aromatic heterocycles. The van der Waals surface area contributed by atoms with Crippen molar-refractivity contribution < 1.29 is 13.2 Å². The smallest absolute Gasteiger partial charge is 0.239 e. The maximum absolute atomic E-state index is 12.7. The van der Waals surface area contributed by atoms with Crippen LogP contribution in [0.2, 0.25) is 0 Å². The molecule has 2 fully saturated rings. The molecule has 2 aliphatic rings. The average molecular weight is 367 g/mol. The Kier molecular flexibility index (Phi) is 5.24. The molecule has 0 spiro atoms. The first-order valence-corrected chi connectivity index (χ1v) is 10.4. The van der Waals surface area contributed by atoms with Gasteiger partial charge in [0.15, 0.2) is 9.84 Å². The molecule has 0 N–H and O–H groups in total. The van der Waals surface area contributed by atoms with Crippen LogP contribution in [0.5, 0.6) is 0 Å². The third-order valence-corrected chi connectivity index (χ3v) is 6.91. The van der Waals surface area contributed by atoms with Crippen molar-refractivity contribution in [1.29, 1.82) is 0 Å². The molecule has 2 saturated heterocycles. The quantitative estimate of drug-likeness (QED) is 0.718. The van der Waals surface area contributed by atoms with Crippen molar-refractivity contribution in [2.24, 2.45) is 0 Å². The van der Waals surface area contributed by atoms with E-state index in [-0.39, 0.29) is 29.5 Å². The lowest BCUT2D eigenvalue weighted by atomic mass is 10.1. The monoisotopic (exact) mass is 367 g/mol. The molecule has 0 saturated carbocycles. The van der Waals surface area contributed by atoms with Gasteiger partial charge in [0, 0.05) is 51.7 Å². The predicted octanol–water partition coefficient (Wildman–Crippen LogP) is -0.367. The van der Waals surface area contributed by atoms with E-state index in [0.29, 0.717) is 6.42 Å². The van der Waals surface area contributed by atoms with E-state index in [2.05, 4.69) is 19.8 Å². The highest BCUT2D eigenvalue weighted by Crippen LogP contribution is 2.19. The predicted molar refractivity (Wildman–Crippen MR) is 95.1 cm³/mol. The van der Waals surface area contributed by atoms with E-state index in [1.807, 2.05) is 6.92 Å². The van der Waals surface area contributed by atoms with Crippen LogP contribution in [0, 0.1) is 0 Å². The van der Waals surface area contributed by atoms with Crippen molar-refractivity contribution in [3.8, 4) is 0 Å². The van der Waals surface area contributed by atoms with Gasteiger partial charge in [-0.25, -0.2) is 18.4 Å². The van der Waals surface area contributed by atoms with Crippen molar-refractivity contribution in [3.05, 3.63) is 18.5 Å². The molecule has 2 atom stereocenters. The Balaban J connectivity index is 1.55. The van der Waals surface area contributed by atoms with Crippen molar-refractivity contribution in [3.63, 3.8) is 0 Å². The largest absolute Gasteiger partial charge is 0.340 e. The molecule has 0 unspecified atom stereocenters. The van der Waals surface area contributed by atoms with Gasteiger partial charge in [0.2, 0.25) is 11.9 Å².